The third-order valence-electron chi connectivity index (χ3n) is 3.58. The zero-order valence-electron chi connectivity index (χ0n) is 14.1. The lowest BCUT2D eigenvalue weighted by Gasteiger charge is -2.15. The lowest BCUT2D eigenvalue weighted by atomic mass is 10.2. The maximum absolute atomic E-state index is 12.4. The molecule has 1 heterocycles. The van der Waals surface area contributed by atoms with Crippen LogP contribution in [0.15, 0.2) is 24.3 Å². The molecule has 134 valence electrons. The molecule has 2 rings (SSSR count). The molecule has 0 spiro atoms. The first kappa shape index (κ1) is 18.6. The van der Waals surface area contributed by atoms with E-state index in [0.717, 1.165) is 4.90 Å². The third-order valence-corrected chi connectivity index (χ3v) is 3.58. The SMILES string of the molecule is CCOC(=O)CNC1CC(=O)N(c2ccc(C(=O)OCC)cc2)C1=O. The molecule has 1 fully saturated rings. The Hall–Kier alpha value is -2.74. The standard InChI is InChI=1S/C17H20N2O6/c1-3-24-15(21)10-18-13-9-14(20)19(16(13)22)12-7-5-11(6-8-12)17(23)25-4-2/h5-8,13,18H,3-4,9-10H2,1-2H3. The number of nitrogens with zero attached hydrogens (tertiary/aromatic N) is 1. The molecule has 8 nitrogen and oxygen atoms in total. The summed E-state index contributed by atoms with van der Waals surface area (Å²) in [5.74, 6) is -1.78. The number of imide groups is 1. The highest BCUT2D eigenvalue weighted by molar-refractivity contribution is 6.22. The van der Waals surface area contributed by atoms with Gasteiger partial charge in [-0.2, -0.15) is 0 Å². The average molecular weight is 348 g/mol. The van der Waals surface area contributed by atoms with Crippen molar-refractivity contribution >= 4 is 29.4 Å². The summed E-state index contributed by atoms with van der Waals surface area (Å²) in [6.07, 6.45) is -0.0438. The summed E-state index contributed by atoms with van der Waals surface area (Å²) >= 11 is 0. The molecule has 25 heavy (non-hydrogen) atoms. The Labute approximate surface area is 145 Å². The number of esters is 2. The molecule has 1 aromatic carbocycles. The van der Waals surface area contributed by atoms with E-state index >= 15 is 0 Å². The van der Waals surface area contributed by atoms with E-state index in [1.54, 1.807) is 13.8 Å². The summed E-state index contributed by atoms with van der Waals surface area (Å²) in [4.78, 5) is 48.6. The number of amides is 2. The van der Waals surface area contributed by atoms with Gasteiger partial charge in [0.1, 0.15) is 0 Å². The molecule has 8 heteroatoms. The van der Waals surface area contributed by atoms with Crippen LogP contribution in [0.4, 0.5) is 5.69 Å². The van der Waals surface area contributed by atoms with Crippen LogP contribution < -0.4 is 10.2 Å². The van der Waals surface area contributed by atoms with Crippen molar-refractivity contribution in [3.8, 4) is 0 Å². The Bertz CT molecular complexity index is 670. The predicted molar refractivity (Wildman–Crippen MR) is 87.9 cm³/mol. The Balaban J connectivity index is 2.04. The molecule has 1 aliphatic heterocycles. The fraction of sp³-hybridized carbons (Fsp3) is 0.412. The average Bonchev–Trinajstić information content (AvgIpc) is 2.87. The van der Waals surface area contributed by atoms with E-state index in [9.17, 15) is 19.2 Å². The summed E-state index contributed by atoms with van der Waals surface area (Å²) in [5, 5.41) is 2.73. The molecular formula is C17H20N2O6. The first-order chi connectivity index (χ1) is 12.0. The van der Waals surface area contributed by atoms with Crippen LogP contribution in [-0.4, -0.2) is 49.6 Å². The summed E-state index contributed by atoms with van der Waals surface area (Å²) < 4.78 is 9.66. The van der Waals surface area contributed by atoms with Gasteiger partial charge in [-0.1, -0.05) is 0 Å². The quantitative estimate of drug-likeness (QED) is 0.570. The summed E-state index contributed by atoms with van der Waals surface area (Å²) in [6.45, 7) is 3.75. The Kier molecular flexibility index (Phi) is 6.24. The smallest absolute Gasteiger partial charge is 0.338 e. The van der Waals surface area contributed by atoms with Crippen molar-refractivity contribution in [2.75, 3.05) is 24.7 Å². The summed E-state index contributed by atoms with van der Waals surface area (Å²) in [5.41, 5.74) is 0.699. The number of nitrogens with one attached hydrogen (secondary N) is 1. The number of hydrogen-bond acceptors (Lipinski definition) is 7. The highest BCUT2D eigenvalue weighted by atomic mass is 16.5. The van der Waals surface area contributed by atoms with Crippen LogP contribution in [0.25, 0.3) is 0 Å². The van der Waals surface area contributed by atoms with Gasteiger partial charge in [0.25, 0.3) is 5.91 Å². The van der Waals surface area contributed by atoms with Gasteiger partial charge >= 0.3 is 11.9 Å². The molecule has 0 aromatic heterocycles. The zero-order valence-corrected chi connectivity index (χ0v) is 14.1. The molecule has 2 amide bonds. The Morgan fingerprint density at radius 1 is 1.12 bits per heavy atom. The number of anilines is 1. The third kappa shape index (κ3) is 4.42. The van der Waals surface area contributed by atoms with Crippen molar-refractivity contribution in [3.05, 3.63) is 29.8 Å². The van der Waals surface area contributed by atoms with Crippen molar-refractivity contribution in [1.29, 1.82) is 0 Å². The first-order valence-corrected chi connectivity index (χ1v) is 8.00. The zero-order chi connectivity index (χ0) is 18.4. The highest BCUT2D eigenvalue weighted by Gasteiger charge is 2.39. The number of carbonyl (C=O) groups excluding carboxylic acids is 4. The minimum Gasteiger partial charge on any atom is -0.465 e. The van der Waals surface area contributed by atoms with Gasteiger partial charge in [-0.3, -0.25) is 19.7 Å². The molecule has 0 radical (unpaired) electrons. The van der Waals surface area contributed by atoms with E-state index in [2.05, 4.69) is 5.32 Å². The van der Waals surface area contributed by atoms with Gasteiger partial charge in [0.2, 0.25) is 5.91 Å². The maximum Gasteiger partial charge on any atom is 0.338 e. The van der Waals surface area contributed by atoms with E-state index in [1.807, 2.05) is 0 Å². The molecule has 1 N–H and O–H groups in total. The predicted octanol–water partition coefficient (Wildman–Crippen LogP) is 0.648. The number of rotatable bonds is 7. The van der Waals surface area contributed by atoms with Crippen molar-refractivity contribution in [1.82, 2.24) is 5.32 Å². The van der Waals surface area contributed by atoms with Crippen molar-refractivity contribution in [3.63, 3.8) is 0 Å². The fourth-order valence-corrected chi connectivity index (χ4v) is 2.44. The van der Waals surface area contributed by atoms with Gasteiger partial charge in [-0.25, -0.2) is 9.69 Å². The van der Waals surface area contributed by atoms with Crippen LogP contribution >= 0.6 is 0 Å². The number of carbonyl (C=O) groups is 4. The van der Waals surface area contributed by atoms with E-state index in [-0.39, 0.29) is 32.1 Å². The van der Waals surface area contributed by atoms with Crippen LogP contribution in [0.2, 0.25) is 0 Å². The minimum atomic E-state index is -0.776. The van der Waals surface area contributed by atoms with Crippen LogP contribution in [0.3, 0.4) is 0 Å². The van der Waals surface area contributed by atoms with Crippen LogP contribution in [0, 0.1) is 0 Å². The van der Waals surface area contributed by atoms with E-state index < -0.39 is 23.9 Å². The maximum atomic E-state index is 12.4. The van der Waals surface area contributed by atoms with Gasteiger partial charge in [-0.05, 0) is 38.1 Å². The second-order valence-corrected chi connectivity index (χ2v) is 5.28. The van der Waals surface area contributed by atoms with Crippen molar-refractivity contribution in [2.45, 2.75) is 26.3 Å². The van der Waals surface area contributed by atoms with Gasteiger partial charge in [0.15, 0.2) is 0 Å². The largest absolute Gasteiger partial charge is 0.465 e. The molecule has 0 bridgehead atoms. The lowest BCUT2D eigenvalue weighted by molar-refractivity contribution is -0.142. The van der Waals surface area contributed by atoms with Gasteiger partial charge in [-0.15, -0.1) is 0 Å². The second-order valence-electron chi connectivity index (χ2n) is 5.28. The first-order valence-electron chi connectivity index (χ1n) is 8.00. The van der Waals surface area contributed by atoms with Crippen molar-refractivity contribution < 1.29 is 28.7 Å². The molecule has 1 aliphatic rings. The molecular weight excluding hydrogens is 328 g/mol. The lowest BCUT2D eigenvalue weighted by Crippen LogP contribution is -2.41. The number of benzene rings is 1. The molecule has 0 aliphatic carbocycles. The van der Waals surface area contributed by atoms with Gasteiger partial charge in [0, 0.05) is 0 Å². The molecule has 0 saturated carbocycles. The number of ether oxygens (including phenoxy) is 2. The molecule has 1 aromatic rings. The normalized spacial score (nSPS) is 16.9. The molecule has 1 unspecified atom stereocenters. The van der Waals surface area contributed by atoms with E-state index in [0.29, 0.717) is 11.3 Å². The number of hydrogen-bond donors (Lipinski definition) is 1. The topological polar surface area (TPSA) is 102 Å². The minimum absolute atomic E-state index is 0.0438. The monoisotopic (exact) mass is 348 g/mol. The van der Waals surface area contributed by atoms with Crippen molar-refractivity contribution in [2.24, 2.45) is 0 Å². The van der Waals surface area contributed by atoms with E-state index in [1.165, 1.54) is 24.3 Å². The fourth-order valence-electron chi connectivity index (χ4n) is 2.44. The highest BCUT2D eigenvalue weighted by Crippen LogP contribution is 2.23. The Morgan fingerprint density at radius 3 is 2.36 bits per heavy atom. The molecule has 1 atom stereocenters. The summed E-state index contributed by atoms with van der Waals surface area (Å²) in [6, 6.07) is 5.23. The molecule has 1 saturated heterocycles. The Morgan fingerprint density at radius 2 is 1.76 bits per heavy atom. The summed E-state index contributed by atoms with van der Waals surface area (Å²) in [7, 11) is 0. The second kappa shape index (κ2) is 8.39. The van der Waals surface area contributed by atoms with E-state index in [4.69, 9.17) is 9.47 Å². The van der Waals surface area contributed by atoms with Gasteiger partial charge < -0.3 is 9.47 Å². The van der Waals surface area contributed by atoms with Crippen LogP contribution in [0.5, 0.6) is 0 Å². The van der Waals surface area contributed by atoms with Crippen LogP contribution in [0.1, 0.15) is 30.6 Å². The van der Waals surface area contributed by atoms with Crippen LogP contribution in [-0.2, 0) is 23.9 Å². The van der Waals surface area contributed by atoms with Gasteiger partial charge in [0.05, 0.1) is 43.5 Å².